The van der Waals surface area contributed by atoms with Gasteiger partial charge >= 0.3 is 0 Å². The molecule has 0 aliphatic carbocycles. The predicted octanol–water partition coefficient (Wildman–Crippen LogP) is 3.03. The molecule has 0 saturated heterocycles. The van der Waals surface area contributed by atoms with Crippen molar-refractivity contribution in [3.8, 4) is 5.88 Å². The van der Waals surface area contributed by atoms with Crippen LogP contribution in [-0.2, 0) is 0 Å². The molecule has 1 unspecified atom stereocenters. The zero-order valence-corrected chi connectivity index (χ0v) is 11.4. The summed E-state index contributed by atoms with van der Waals surface area (Å²) < 4.78 is 5.58. The molecule has 1 N–H and O–H groups in total. The molecule has 0 saturated carbocycles. The number of nitrogens with zero attached hydrogens (tertiary/aromatic N) is 2. The van der Waals surface area contributed by atoms with E-state index in [4.69, 9.17) is 4.74 Å². The zero-order valence-electron chi connectivity index (χ0n) is 11.4. The normalized spacial score (nSPS) is 12.6. The molecule has 0 amide bonds. The number of hydrogen-bond donors (Lipinski definition) is 1. The van der Waals surface area contributed by atoms with E-state index in [0.717, 1.165) is 18.7 Å². The Morgan fingerprint density at radius 2 is 2.00 bits per heavy atom. The summed E-state index contributed by atoms with van der Waals surface area (Å²) in [6.45, 7) is 11.2. The molecule has 4 heteroatoms. The van der Waals surface area contributed by atoms with Gasteiger partial charge in [0.25, 0.3) is 0 Å². The maximum atomic E-state index is 5.58. The van der Waals surface area contributed by atoms with Gasteiger partial charge in [-0.1, -0.05) is 20.3 Å². The van der Waals surface area contributed by atoms with Crippen molar-refractivity contribution in [3.05, 3.63) is 11.8 Å². The maximum Gasteiger partial charge on any atom is 0.226 e. The van der Waals surface area contributed by atoms with Crippen molar-refractivity contribution < 1.29 is 4.74 Å². The van der Waals surface area contributed by atoms with E-state index < -0.39 is 0 Å². The third-order valence-corrected chi connectivity index (χ3v) is 2.49. The van der Waals surface area contributed by atoms with E-state index in [1.165, 1.54) is 0 Å². The Hall–Kier alpha value is -1.32. The molecule has 0 aromatic carbocycles. The molecule has 1 rings (SSSR count). The van der Waals surface area contributed by atoms with E-state index in [1.807, 2.05) is 26.8 Å². The zero-order chi connectivity index (χ0) is 12.8. The lowest BCUT2D eigenvalue weighted by Gasteiger charge is -2.13. The van der Waals surface area contributed by atoms with Gasteiger partial charge in [0, 0.05) is 18.3 Å². The third kappa shape index (κ3) is 5.02. The average molecular weight is 237 g/mol. The second-order valence-corrected chi connectivity index (χ2v) is 4.73. The van der Waals surface area contributed by atoms with Crippen LogP contribution in [0.4, 0.5) is 5.95 Å². The first-order valence-corrected chi connectivity index (χ1v) is 6.27. The molecule has 1 heterocycles. The molecule has 1 aromatic heterocycles. The second-order valence-electron chi connectivity index (χ2n) is 4.73. The van der Waals surface area contributed by atoms with E-state index in [9.17, 15) is 0 Å². The lowest BCUT2D eigenvalue weighted by atomic mass is 10.1. The van der Waals surface area contributed by atoms with Crippen LogP contribution in [0.2, 0.25) is 0 Å². The molecule has 0 radical (unpaired) electrons. The summed E-state index contributed by atoms with van der Waals surface area (Å²) in [5.41, 5.74) is 0.919. The Morgan fingerprint density at radius 1 is 1.29 bits per heavy atom. The molecule has 0 bridgehead atoms. The molecule has 1 atom stereocenters. The third-order valence-electron chi connectivity index (χ3n) is 2.49. The number of aromatic nitrogens is 2. The van der Waals surface area contributed by atoms with Crippen molar-refractivity contribution in [3.63, 3.8) is 0 Å². The van der Waals surface area contributed by atoms with Gasteiger partial charge in [-0.15, -0.1) is 0 Å². The van der Waals surface area contributed by atoms with Crippen LogP contribution in [0.5, 0.6) is 5.88 Å². The quantitative estimate of drug-likeness (QED) is 0.826. The first kappa shape index (κ1) is 13.7. The average Bonchev–Trinajstić information content (AvgIpc) is 2.24. The summed E-state index contributed by atoms with van der Waals surface area (Å²) in [4.78, 5) is 8.68. The first-order valence-electron chi connectivity index (χ1n) is 6.27. The number of ether oxygens (including phenoxy) is 1. The summed E-state index contributed by atoms with van der Waals surface area (Å²) in [7, 11) is 0. The minimum atomic E-state index is 0.131. The lowest BCUT2D eigenvalue weighted by Crippen LogP contribution is -2.14. The van der Waals surface area contributed by atoms with Gasteiger partial charge in [-0.25, -0.2) is 4.98 Å². The Morgan fingerprint density at radius 3 is 2.59 bits per heavy atom. The first-order chi connectivity index (χ1) is 8.01. The van der Waals surface area contributed by atoms with Crippen molar-refractivity contribution in [1.29, 1.82) is 0 Å². The SMILES string of the molecule is CCC(C)CNc1nc(C)cc(OC(C)C)n1. The van der Waals surface area contributed by atoms with Gasteiger partial charge in [0.15, 0.2) is 0 Å². The van der Waals surface area contributed by atoms with Crippen molar-refractivity contribution in [2.45, 2.75) is 47.1 Å². The molecule has 17 heavy (non-hydrogen) atoms. The van der Waals surface area contributed by atoms with E-state index in [2.05, 4.69) is 29.1 Å². The Labute approximate surface area is 104 Å². The van der Waals surface area contributed by atoms with Gasteiger partial charge in [-0.05, 0) is 26.7 Å². The van der Waals surface area contributed by atoms with Crippen LogP contribution < -0.4 is 10.1 Å². The number of hydrogen-bond acceptors (Lipinski definition) is 4. The molecule has 0 fully saturated rings. The minimum Gasteiger partial charge on any atom is -0.475 e. The Kier molecular flexibility index (Phi) is 5.19. The van der Waals surface area contributed by atoms with Gasteiger partial charge in [0.1, 0.15) is 0 Å². The molecule has 0 spiro atoms. The van der Waals surface area contributed by atoms with E-state index >= 15 is 0 Å². The molecular formula is C13H23N3O. The maximum absolute atomic E-state index is 5.58. The predicted molar refractivity (Wildman–Crippen MR) is 70.5 cm³/mol. The molecule has 4 nitrogen and oxygen atoms in total. The fraction of sp³-hybridized carbons (Fsp3) is 0.692. The Bertz CT molecular complexity index is 353. The molecule has 96 valence electrons. The van der Waals surface area contributed by atoms with Crippen LogP contribution >= 0.6 is 0 Å². The monoisotopic (exact) mass is 237 g/mol. The van der Waals surface area contributed by atoms with Crippen LogP contribution in [0.15, 0.2) is 6.07 Å². The van der Waals surface area contributed by atoms with Gasteiger partial charge < -0.3 is 10.1 Å². The van der Waals surface area contributed by atoms with Crippen LogP contribution in [0, 0.1) is 12.8 Å². The number of anilines is 1. The summed E-state index contributed by atoms with van der Waals surface area (Å²) in [5, 5.41) is 3.25. The van der Waals surface area contributed by atoms with Gasteiger partial charge in [-0.3, -0.25) is 0 Å². The summed E-state index contributed by atoms with van der Waals surface area (Å²) >= 11 is 0. The lowest BCUT2D eigenvalue weighted by molar-refractivity contribution is 0.232. The summed E-state index contributed by atoms with van der Waals surface area (Å²) in [6.07, 6.45) is 1.28. The van der Waals surface area contributed by atoms with Crippen LogP contribution in [0.3, 0.4) is 0 Å². The van der Waals surface area contributed by atoms with E-state index in [-0.39, 0.29) is 6.10 Å². The highest BCUT2D eigenvalue weighted by molar-refractivity contribution is 5.30. The van der Waals surface area contributed by atoms with Gasteiger partial charge in [0.2, 0.25) is 11.8 Å². The largest absolute Gasteiger partial charge is 0.475 e. The topological polar surface area (TPSA) is 47.0 Å². The standard InChI is InChI=1S/C13H23N3O/c1-6-10(4)8-14-13-15-11(5)7-12(16-13)17-9(2)3/h7,9-10H,6,8H2,1-5H3,(H,14,15,16). The molecule has 1 aromatic rings. The number of rotatable bonds is 6. The minimum absolute atomic E-state index is 0.131. The van der Waals surface area contributed by atoms with Crippen LogP contribution in [-0.4, -0.2) is 22.6 Å². The highest BCUT2D eigenvalue weighted by Crippen LogP contribution is 2.14. The van der Waals surface area contributed by atoms with Gasteiger partial charge in [-0.2, -0.15) is 4.98 Å². The van der Waals surface area contributed by atoms with Crippen molar-refractivity contribution in [2.24, 2.45) is 5.92 Å². The molecule has 0 aliphatic rings. The van der Waals surface area contributed by atoms with Crippen LogP contribution in [0.1, 0.15) is 39.8 Å². The molecule has 0 aliphatic heterocycles. The highest BCUT2D eigenvalue weighted by Gasteiger charge is 2.06. The second kappa shape index (κ2) is 6.42. The Balaban J connectivity index is 2.68. The highest BCUT2D eigenvalue weighted by atomic mass is 16.5. The summed E-state index contributed by atoms with van der Waals surface area (Å²) in [6, 6.07) is 1.86. The van der Waals surface area contributed by atoms with Crippen molar-refractivity contribution in [1.82, 2.24) is 9.97 Å². The number of nitrogens with one attached hydrogen (secondary N) is 1. The van der Waals surface area contributed by atoms with E-state index in [0.29, 0.717) is 17.7 Å². The van der Waals surface area contributed by atoms with Crippen molar-refractivity contribution >= 4 is 5.95 Å². The summed E-state index contributed by atoms with van der Waals surface area (Å²) in [5.74, 6) is 1.91. The van der Waals surface area contributed by atoms with Crippen LogP contribution in [0.25, 0.3) is 0 Å². The smallest absolute Gasteiger partial charge is 0.226 e. The van der Waals surface area contributed by atoms with E-state index in [1.54, 1.807) is 0 Å². The fourth-order valence-corrected chi connectivity index (χ4v) is 1.33. The fourth-order valence-electron chi connectivity index (χ4n) is 1.33. The van der Waals surface area contributed by atoms with Crippen molar-refractivity contribution in [2.75, 3.05) is 11.9 Å². The molecular weight excluding hydrogens is 214 g/mol. The van der Waals surface area contributed by atoms with Gasteiger partial charge in [0.05, 0.1) is 6.10 Å². The number of aryl methyl sites for hydroxylation is 1.